The second-order valence-corrected chi connectivity index (χ2v) is 6.83. The van der Waals surface area contributed by atoms with Crippen LogP contribution in [0.1, 0.15) is 28.2 Å². The van der Waals surface area contributed by atoms with E-state index in [1.807, 2.05) is 19.1 Å². The van der Waals surface area contributed by atoms with Crippen LogP contribution in [0.25, 0.3) is 0 Å². The van der Waals surface area contributed by atoms with Gasteiger partial charge in [0.25, 0.3) is 5.91 Å². The molecule has 0 spiro atoms. The van der Waals surface area contributed by atoms with E-state index in [9.17, 15) is 9.18 Å². The Morgan fingerprint density at radius 1 is 1.41 bits per heavy atom. The molecule has 1 fully saturated rings. The van der Waals surface area contributed by atoms with Gasteiger partial charge in [0.2, 0.25) is 0 Å². The Labute approximate surface area is 162 Å². The summed E-state index contributed by atoms with van der Waals surface area (Å²) in [5.74, 6) is 0.452. The number of carbonyl (C=O) groups is 1. The van der Waals surface area contributed by atoms with Gasteiger partial charge in [0.05, 0.1) is 22.8 Å². The molecule has 144 valence electrons. The summed E-state index contributed by atoms with van der Waals surface area (Å²) in [5.41, 5.74) is 2.09. The molecule has 8 heteroatoms. The molecule has 27 heavy (non-hydrogen) atoms. The zero-order valence-electron chi connectivity index (χ0n) is 15.1. The molecule has 2 aromatic rings. The maximum Gasteiger partial charge on any atom is 0.255 e. The lowest BCUT2D eigenvalue weighted by Crippen LogP contribution is -2.37. The molecule has 1 unspecified atom stereocenters. The van der Waals surface area contributed by atoms with Crippen LogP contribution in [0.5, 0.6) is 0 Å². The van der Waals surface area contributed by atoms with Crippen LogP contribution in [0.3, 0.4) is 0 Å². The first-order valence-electron chi connectivity index (χ1n) is 8.85. The Kier molecular flexibility index (Phi) is 6.58. The topological polar surface area (TPSA) is 67.4 Å². The molecule has 0 aromatic carbocycles. The van der Waals surface area contributed by atoms with E-state index >= 15 is 0 Å². The lowest BCUT2D eigenvalue weighted by atomic mass is 10.2. The van der Waals surface area contributed by atoms with Crippen molar-refractivity contribution in [2.24, 2.45) is 0 Å². The normalized spacial score (nSPS) is 17.4. The van der Waals surface area contributed by atoms with Gasteiger partial charge in [-0.15, -0.1) is 0 Å². The zero-order chi connectivity index (χ0) is 19.2. The van der Waals surface area contributed by atoms with Crippen LogP contribution in [0.4, 0.5) is 10.2 Å². The van der Waals surface area contributed by atoms with Crippen molar-refractivity contribution in [2.45, 2.75) is 26.0 Å². The van der Waals surface area contributed by atoms with E-state index in [-0.39, 0.29) is 12.5 Å². The molecule has 1 saturated heterocycles. The maximum absolute atomic E-state index is 12.9. The molecule has 2 aromatic heterocycles. The largest absolute Gasteiger partial charge is 0.374 e. The van der Waals surface area contributed by atoms with Crippen molar-refractivity contribution < 1.29 is 13.9 Å². The maximum atomic E-state index is 12.9. The van der Waals surface area contributed by atoms with Crippen LogP contribution in [0, 0.1) is 6.92 Å². The number of nitrogens with one attached hydrogen (secondary N) is 1. The van der Waals surface area contributed by atoms with Crippen LogP contribution >= 0.6 is 11.6 Å². The predicted molar refractivity (Wildman–Crippen MR) is 102 cm³/mol. The average molecular weight is 393 g/mol. The fraction of sp³-hybridized carbons (Fsp3) is 0.421. The Bertz CT molecular complexity index is 788. The highest BCUT2D eigenvalue weighted by Gasteiger charge is 2.23. The van der Waals surface area contributed by atoms with E-state index in [1.54, 1.807) is 17.0 Å². The molecule has 0 radical (unpaired) electrons. The summed E-state index contributed by atoms with van der Waals surface area (Å²) in [7, 11) is 0. The number of halogens is 2. The summed E-state index contributed by atoms with van der Waals surface area (Å²) < 4.78 is 18.3. The summed E-state index contributed by atoms with van der Waals surface area (Å²) in [4.78, 5) is 23.0. The molecule has 1 N–H and O–H groups in total. The molecule has 1 amide bonds. The second-order valence-electron chi connectivity index (χ2n) is 6.42. The molecule has 1 atom stereocenters. The quantitative estimate of drug-likeness (QED) is 0.846. The van der Waals surface area contributed by atoms with Crippen LogP contribution < -0.4 is 5.32 Å². The minimum atomic E-state index is -0.597. The molecule has 0 saturated carbocycles. The lowest BCUT2D eigenvalue weighted by Gasteiger charge is -2.22. The van der Waals surface area contributed by atoms with Gasteiger partial charge in [-0.3, -0.25) is 9.78 Å². The zero-order valence-corrected chi connectivity index (χ0v) is 15.9. The van der Waals surface area contributed by atoms with E-state index in [1.165, 1.54) is 6.20 Å². The summed E-state index contributed by atoms with van der Waals surface area (Å²) in [6.45, 7) is 3.01. The summed E-state index contributed by atoms with van der Waals surface area (Å²) >= 11 is 6.14. The average Bonchev–Trinajstić information content (AvgIpc) is 2.94. The standard InChI is InChI=1S/C19H22ClFN4O2/c1-13-3-5-16(20)17(24-13)11-23-18-6-4-14(10-22-18)19(26)25-7-2-8-27-15(9-21)12-25/h3-6,10,15H,2,7-9,11-12H2,1H3,(H,22,23). The molecule has 3 rings (SSSR count). The third kappa shape index (κ3) is 5.14. The number of amides is 1. The number of aryl methyl sites for hydroxylation is 1. The monoisotopic (exact) mass is 392 g/mol. The first kappa shape index (κ1) is 19.5. The highest BCUT2D eigenvalue weighted by Crippen LogP contribution is 2.16. The minimum absolute atomic E-state index is 0.165. The van der Waals surface area contributed by atoms with Gasteiger partial charge in [0.1, 0.15) is 18.6 Å². The van der Waals surface area contributed by atoms with Gasteiger partial charge >= 0.3 is 0 Å². The fourth-order valence-electron chi connectivity index (χ4n) is 2.87. The van der Waals surface area contributed by atoms with Crippen LogP contribution in [0.2, 0.25) is 5.02 Å². The second kappa shape index (κ2) is 9.10. The van der Waals surface area contributed by atoms with Crippen molar-refractivity contribution >= 4 is 23.3 Å². The summed E-state index contributed by atoms with van der Waals surface area (Å²) in [6.07, 6.45) is 1.66. The van der Waals surface area contributed by atoms with E-state index in [0.29, 0.717) is 42.5 Å². The number of ether oxygens (including phenoxy) is 1. The molecule has 1 aliphatic heterocycles. The van der Waals surface area contributed by atoms with Crippen LogP contribution in [-0.2, 0) is 11.3 Å². The highest BCUT2D eigenvalue weighted by atomic mass is 35.5. The highest BCUT2D eigenvalue weighted by molar-refractivity contribution is 6.31. The summed E-state index contributed by atoms with van der Waals surface area (Å²) in [6, 6.07) is 7.11. The van der Waals surface area contributed by atoms with Gasteiger partial charge in [0, 0.05) is 31.6 Å². The Morgan fingerprint density at radius 2 is 2.26 bits per heavy atom. The number of aromatic nitrogens is 2. The van der Waals surface area contributed by atoms with E-state index in [0.717, 1.165) is 11.4 Å². The van der Waals surface area contributed by atoms with Crippen molar-refractivity contribution in [2.75, 3.05) is 31.7 Å². The Balaban J connectivity index is 1.62. The summed E-state index contributed by atoms with van der Waals surface area (Å²) in [5, 5.41) is 3.74. The molecule has 0 bridgehead atoms. The predicted octanol–water partition coefficient (Wildman–Crippen LogP) is 3.25. The molecule has 1 aliphatic rings. The van der Waals surface area contributed by atoms with Crippen molar-refractivity contribution in [3.63, 3.8) is 0 Å². The molecule has 3 heterocycles. The van der Waals surface area contributed by atoms with Gasteiger partial charge in [-0.2, -0.15) is 0 Å². The molecule has 6 nitrogen and oxygen atoms in total. The SMILES string of the molecule is Cc1ccc(Cl)c(CNc2ccc(C(=O)N3CCCOC(CF)C3)cn2)n1. The Hall–Kier alpha value is -2.25. The number of hydrogen-bond acceptors (Lipinski definition) is 5. The first-order valence-corrected chi connectivity index (χ1v) is 9.23. The van der Waals surface area contributed by atoms with Gasteiger partial charge < -0.3 is 15.0 Å². The fourth-order valence-corrected chi connectivity index (χ4v) is 3.04. The van der Waals surface area contributed by atoms with Gasteiger partial charge in [-0.1, -0.05) is 11.6 Å². The Morgan fingerprint density at radius 3 is 3.00 bits per heavy atom. The third-order valence-electron chi connectivity index (χ3n) is 4.31. The third-order valence-corrected chi connectivity index (χ3v) is 4.66. The number of nitrogens with zero attached hydrogens (tertiary/aromatic N) is 3. The molecular formula is C19H22ClFN4O2. The number of pyridine rings is 2. The van der Waals surface area contributed by atoms with Crippen molar-refractivity contribution in [3.8, 4) is 0 Å². The van der Waals surface area contributed by atoms with Crippen molar-refractivity contribution in [1.82, 2.24) is 14.9 Å². The number of rotatable bonds is 5. The van der Waals surface area contributed by atoms with Crippen LogP contribution in [0.15, 0.2) is 30.5 Å². The van der Waals surface area contributed by atoms with Gasteiger partial charge in [-0.25, -0.2) is 9.37 Å². The van der Waals surface area contributed by atoms with Crippen molar-refractivity contribution in [3.05, 3.63) is 52.4 Å². The number of carbonyl (C=O) groups excluding carboxylic acids is 1. The lowest BCUT2D eigenvalue weighted by molar-refractivity contribution is 0.0342. The number of alkyl halides is 1. The number of anilines is 1. The number of hydrogen-bond donors (Lipinski definition) is 1. The molecular weight excluding hydrogens is 371 g/mol. The van der Waals surface area contributed by atoms with E-state index in [4.69, 9.17) is 16.3 Å². The van der Waals surface area contributed by atoms with Crippen LogP contribution in [-0.4, -0.2) is 53.2 Å². The van der Waals surface area contributed by atoms with Gasteiger partial charge in [-0.05, 0) is 37.6 Å². The van der Waals surface area contributed by atoms with Gasteiger partial charge in [0.15, 0.2) is 0 Å². The minimum Gasteiger partial charge on any atom is -0.374 e. The molecule has 0 aliphatic carbocycles. The van der Waals surface area contributed by atoms with E-state index in [2.05, 4.69) is 15.3 Å². The first-order chi connectivity index (χ1) is 13.1. The smallest absolute Gasteiger partial charge is 0.255 e. The van der Waals surface area contributed by atoms with E-state index < -0.39 is 12.8 Å². The van der Waals surface area contributed by atoms with Crippen molar-refractivity contribution in [1.29, 1.82) is 0 Å².